The van der Waals surface area contributed by atoms with Crippen molar-refractivity contribution >= 4 is 51.2 Å². The van der Waals surface area contributed by atoms with E-state index in [1.165, 1.54) is 71.8 Å². The number of fused-ring (bicyclic) bond motifs is 3. The molecular formula is C63H58IrN8OPt-8. The summed E-state index contributed by atoms with van der Waals surface area (Å²) >= 11 is 0. The molecule has 0 N–H and O–H groups in total. The van der Waals surface area contributed by atoms with E-state index in [9.17, 15) is 0 Å². The van der Waals surface area contributed by atoms with Crippen molar-refractivity contribution in [3.63, 3.8) is 0 Å². The molecule has 1 radical (unpaired) electrons. The van der Waals surface area contributed by atoms with Crippen molar-refractivity contribution in [1.82, 2.24) is 9.97 Å². The maximum Gasteiger partial charge on any atom is 0.0326 e. The van der Waals surface area contributed by atoms with E-state index in [-0.39, 0.29) is 46.6 Å². The Kier molecular flexibility index (Phi) is 16.9. The maximum atomic E-state index is 6.12. The zero-order chi connectivity index (χ0) is 48.9. The van der Waals surface area contributed by atoms with Crippen LogP contribution in [-0.2, 0) is 46.6 Å². The van der Waals surface area contributed by atoms with Crippen molar-refractivity contribution in [3.05, 3.63) is 220 Å². The summed E-state index contributed by atoms with van der Waals surface area (Å²) in [4.78, 5) is 22.6. The molecule has 0 bridgehead atoms. The Hall–Kier alpha value is -6.44. The molecule has 8 aromatic rings. The van der Waals surface area contributed by atoms with Crippen LogP contribution in [-0.4, -0.2) is 29.1 Å². The van der Waals surface area contributed by atoms with Crippen LogP contribution in [0.25, 0.3) is 11.4 Å². The van der Waals surface area contributed by atoms with Crippen molar-refractivity contribution < 1.29 is 45.9 Å². The molecule has 1 saturated carbocycles. The average Bonchev–Trinajstić information content (AvgIpc) is 4.13. The number of nitrogens with zero attached hydrogens (tertiary/aromatic N) is 8. The molecule has 0 saturated heterocycles. The van der Waals surface area contributed by atoms with Gasteiger partial charge in [0.2, 0.25) is 0 Å². The van der Waals surface area contributed by atoms with Gasteiger partial charge in [0.15, 0.2) is 0 Å². The Morgan fingerprint density at radius 1 is 0.527 bits per heavy atom. The molecule has 11 heteroatoms. The predicted molar refractivity (Wildman–Crippen MR) is 292 cm³/mol. The number of pyridine rings is 2. The van der Waals surface area contributed by atoms with Gasteiger partial charge in [-0.05, 0) is 87.6 Å². The van der Waals surface area contributed by atoms with Gasteiger partial charge in [0.05, 0.1) is 0 Å². The minimum Gasteiger partial charge on any atom is -0.510 e. The third-order valence-electron chi connectivity index (χ3n) is 13.7. The Bertz CT molecular complexity index is 3080. The molecule has 383 valence electrons. The van der Waals surface area contributed by atoms with Crippen LogP contribution in [0.3, 0.4) is 0 Å². The van der Waals surface area contributed by atoms with Gasteiger partial charge in [0, 0.05) is 92.8 Å². The third-order valence-corrected chi connectivity index (χ3v) is 13.7. The normalized spacial score (nSPS) is 14.9. The SMILES string of the molecule is CC(C)(C)c1c[c-]c(N2[CH-]N(CCCCN3[CH-]N(c4[c-]cccc4)c4ccccc43)c3ccccc32)cc1.[Ir].[Pt].[c-]1c(Oc2[c-]c(-c3[c-]cccn3)ncc2)cccc1N1[CH-]N(C2CCCCC2)c2ccccc21. The van der Waals surface area contributed by atoms with Crippen LogP contribution in [0.15, 0.2) is 164 Å². The summed E-state index contributed by atoms with van der Waals surface area (Å²) in [6.45, 7) is 15.3. The summed E-state index contributed by atoms with van der Waals surface area (Å²) in [5.74, 6) is 1.19. The molecule has 6 aromatic carbocycles. The molecule has 0 amide bonds. The maximum absolute atomic E-state index is 6.12. The number of benzene rings is 6. The van der Waals surface area contributed by atoms with E-state index >= 15 is 0 Å². The molecule has 74 heavy (non-hydrogen) atoms. The Morgan fingerprint density at radius 2 is 1.09 bits per heavy atom. The van der Waals surface area contributed by atoms with Gasteiger partial charge in [-0.15, -0.1) is 64.8 Å². The van der Waals surface area contributed by atoms with E-state index in [2.05, 4.69) is 220 Å². The quantitative estimate of drug-likeness (QED) is 0.0879. The van der Waals surface area contributed by atoms with Gasteiger partial charge in [0.25, 0.3) is 0 Å². The molecule has 1 fully saturated rings. The van der Waals surface area contributed by atoms with Gasteiger partial charge in [-0.1, -0.05) is 81.8 Å². The molecule has 0 atom stereocenters. The number of unbranched alkanes of at least 4 members (excludes halogenated alkanes) is 1. The number of hydrogen-bond acceptors (Lipinski definition) is 9. The molecule has 0 spiro atoms. The minimum atomic E-state index is 0. The minimum absolute atomic E-state index is 0. The molecule has 0 unspecified atom stereocenters. The number of rotatable bonds is 12. The fourth-order valence-electron chi connectivity index (χ4n) is 9.96. The van der Waals surface area contributed by atoms with Crippen LogP contribution in [0.5, 0.6) is 11.5 Å². The Labute approximate surface area is 466 Å². The molecule has 2 aromatic heterocycles. The summed E-state index contributed by atoms with van der Waals surface area (Å²) in [6.07, 6.45) is 12.0. The van der Waals surface area contributed by atoms with E-state index in [0.717, 1.165) is 43.0 Å². The standard InChI is InChI=1S/C34H34N4.C29H24N4O.Ir.Pt/c1-34(2,3)27-19-21-29(22-20-27)38-26-36(31-16-8-10-18-33(31)38)24-12-11-23-35-25-37(28-13-5-4-6-14-28)32-17-9-7-15-30(32)35;1-2-9-22(10-3-1)32-21-33(29-15-5-4-14-28(29)32)23-11-8-12-24(19-23)34-25-16-18-31-27(20-25)26-13-6-7-17-30-26;;/h4-10,13,15-21,25-26H,11-12,23-24H2,1-3H3;4-8,11-12,14-18,21-22H,1-3,9-10H2;;/q2*-4;;. The molecule has 4 aliphatic rings. The molecule has 3 aliphatic heterocycles. The zero-order valence-corrected chi connectivity index (χ0v) is 46.6. The summed E-state index contributed by atoms with van der Waals surface area (Å²) < 4.78 is 6.12. The number of anilines is 9. The fraction of sp³-hybridized carbons (Fsp3) is 0.222. The Balaban J connectivity index is 0.000000178. The second-order valence-electron chi connectivity index (χ2n) is 19.6. The van der Waals surface area contributed by atoms with Gasteiger partial charge in [-0.3, -0.25) is 0 Å². The first-order chi connectivity index (χ1) is 35.3. The van der Waals surface area contributed by atoms with Crippen LogP contribution in [0.4, 0.5) is 51.2 Å². The monoisotopic (exact) mass is 1330 g/mol. The van der Waals surface area contributed by atoms with Crippen molar-refractivity contribution in [2.24, 2.45) is 0 Å². The molecule has 9 nitrogen and oxygen atoms in total. The van der Waals surface area contributed by atoms with Gasteiger partial charge in [-0.2, -0.15) is 92.3 Å². The van der Waals surface area contributed by atoms with Crippen LogP contribution >= 0.6 is 0 Å². The summed E-state index contributed by atoms with van der Waals surface area (Å²) in [7, 11) is 0. The fourth-order valence-corrected chi connectivity index (χ4v) is 9.96. The first kappa shape index (κ1) is 52.4. The summed E-state index contributed by atoms with van der Waals surface area (Å²) in [5.41, 5.74) is 13.1. The molecule has 12 rings (SSSR count). The number of hydrogen-bond donors (Lipinski definition) is 0. The largest absolute Gasteiger partial charge is 0.510 e. The summed E-state index contributed by atoms with van der Waals surface area (Å²) in [6, 6.07) is 69.1. The van der Waals surface area contributed by atoms with E-state index in [1.807, 2.05) is 36.4 Å². The first-order valence-electron chi connectivity index (χ1n) is 25.3. The van der Waals surface area contributed by atoms with E-state index in [4.69, 9.17) is 4.74 Å². The second-order valence-corrected chi connectivity index (χ2v) is 19.6. The van der Waals surface area contributed by atoms with Crippen molar-refractivity contribution in [2.75, 3.05) is 42.5 Å². The zero-order valence-electron chi connectivity index (χ0n) is 41.9. The van der Waals surface area contributed by atoms with Crippen LogP contribution in [0.1, 0.15) is 71.3 Å². The van der Waals surface area contributed by atoms with Crippen LogP contribution in [0, 0.1) is 50.3 Å². The van der Waals surface area contributed by atoms with Crippen LogP contribution < -0.4 is 34.1 Å². The van der Waals surface area contributed by atoms with Gasteiger partial charge in [0.1, 0.15) is 0 Å². The van der Waals surface area contributed by atoms with Crippen LogP contribution in [0.2, 0.25) is 0 Å². The van der Waals surface area contributed by atoms with Gasteiger partial charge < -0.3 is 44.1 Å². The van der Waals surface area contributed by atoms with E-state index in [1.54, 1.807) is 18.5 Å². The third kappa shape index (κ3) is 11.6. The van der Waals surface area contributed by atoms with Crippen molar-refractivity contribution in [3.8, 4) is 22.9 Å². The number of aromatic nitrogens is 2. The Morgan fingerprint density at radius 3 is 1.70 bits per heavy atom. The van der Waals surface area contributed by atoms with E-state index < -0.39 is 0 Å². The second kappa shape index (κ2) is 23.8. The van der Waals surface area contributed by atoms with Crippen molar-refractivity contribution in [1.29, 1.82) is 0 Å². The summed E-state index contributed by atoms with van der Waals surface area (Å²) in [5, 5.41) is 0. The first-order valence-corrected chi connectivity index (χ1v) is 25.3. The molecule has 5 heterocycles. The average molecular weight is 1330 g/mol. The topological polar surface area (TPSA) is 54.5 Å². The number of ether oxygens (including phenoxy) is 1. The number of para-hydroxylation sites is 7. The smallest absolute Gasteiger partial charge is 0.0326 e. The molecular weight excluding hydrogens is 1270 g/mol. The van der Waals surface area contributed by atoms with Gasteiger partial charge >= 0.3 is 0 Å². The predicted octanol–water partition coefficient (Wildman–Crippen LogP) is 15.0. The van der Waals surface area contributed by atoms with Gasteiger partial charge in [-0.25, -0.2) is 6.07 Å². The van der Waals surface area contributed by atoms with Crippen molar-refractivity contribution in [2.45, 2.75) is 77.2 Å². The van der Waals surface area contributed by atoms with E-state index in [0.29, 0.717) is 28.9 Å². The molecule has 1 aliphatic carbocycles.